The Morgan fingerprint density at radius 1 is 1.18 bits per heavy atom. The van der Waals surface area contributed by atoms with Crippen molar-refractivity contribution in [2.45, 2.75) is 20.3 Å². The van der Waals surface area contributed by atoms with Crippen LogP contribution in [0.1, 0.15) is 17.0 Å². The third kappa shape index (κ3) is 2.38. The summed E-state index contributed by atoms with van der Waals surface area (Å²) in [6.07, 6.45) is 0.0627. The fraction of sp³-hybridized carbons (Fsp3) is 0.214. The average molecular weight is 229 g/mol. The molecule has 1 aromatic carbocycles. The summed E-state index contributed by atoms with van der Waals surface area (Å²) in [5.74, 6) is -0.803. The zero-order valence-electron chi connectivity index (χ0n) is 9.97. The number of hydrogen-bond donors (Lipinski definition) is 1. The third-order valence-corrected chi connectivity index (χ3v) is 2.80. The van der Waals surface area contributed by atoms with Crippen LogP contribution >= 0.6 is 0 Å². The molecule has 2 aromatic rings. The summed E-state index contributed by atoms with van der Waals surface area (Å²) in [6, 6.07) is 11.8. The number of aryl methyl sites for hydroxylation is 2. The minimum Gasteiger partial charge on any atom is -0.481 e. The maximum Gasteiger partial charge on any atom is 0.307 e. The SMILES string of the molecule is Cc1ccc(C)n1-c1cccc(CC(=O)O)c1. The van der Waals surface area contributed by atoms with Gasteiger partial charge in [0.2, 0.25) is 0 Å². The Labute approximate surface area is 100 Å². The van der Waals surface area contributed by atoms with E-state index in [2.05, 4.69) is 16.7 Å². The molecular formula is C14H15NO2. The lowest BCUT2D eigenvalue weighted by Crippen LogP contribution is -2.03. The van der Waals surface area contributed by atoms with Gasteiger partial charge in [-0.05, 0) is 43.7 Å². The van der Waals surface area contributed by atoms with Gasteiger partial charge in [-0.3, -0.25) is 4.79 Å². The van der Waals surface area contributed by atoms with Crippen molar-refractivity contribution in [3.8, 4) is 5.69 Å². The molecule has 0 aliphatic heterocycles. The number of nitrogens with zero attached hydrogens (tertiary/aromatic N) is 1. The first-order chi connectivity index (χ1) is 8.08. The van der Waals surface area contributed by atoms with Crippen molar-refractivity contribution in [3.05, 3.63) is 53.3 Å². The van der Waals surface area contributed by atoms with Crippen LogP contribution in [0.25, 0.3) is 5.69 Å². The van der Waals surface area contributed by atoms with Crippen LogP contribution in [-0.4, -0.2) is 15.6 Å². The highest BCUT2D eigenvalue weighted by atomic mass is 16.4. The van der Waals surface area contributed by atoms with Gasteiger partial charge in [-0.2, -0.15) is 0 Å². The maximum atomic E-state index is 10.7. The first kappa shape index (κ1) is 11.5. The Kier molecular flexibility index (Phi) is 3.00. The molecule has 0 saturated carbocycles. The zero-order valence-corrected chi connectivity index (χ0v) is 9.97. The largest absolute Gasteiger partial charge is 0.481 e. The smallest absolute Gasteiger partial charge is 0.307 e. The molecule has 0 unspecified atom stereocenters. The van der Waals surface area contributed by atoms with Gasteiger partial charge >= 0.3 is 5.97 Å². The molecule has 17 heavy (non-hydrogen) atoms. The van der Waals surface area contributed by atoms with Crippen molar-refractivity contribution in [2.75, 3.05) is 0 Å². The van der Waals surface area contributed by atoms with Crippen molar-refractivity contribution >= 4 is 5.97 Å². The zero-order chi connectivity index (χ0) is 12.4. The molecule has 3 heteroatoms. The highest BCUT2D eigenvalue weighted by Crippen LogP contribution is 2.17. The van der Waals surface area contributed by atoms with E-state index >= 15 is 0 Å². The van der Waals surface area contributed by atoms with E-state index in [1.54, 1.807) is 0 Å². The predicted octanol–water partition coefficient (Wildman–Crippen LogP) is 2.72. The van der Waals surface area contributed by atoms with Gasteiger partial charge in [-0.25, -0.2) is 0 Å². The van der Waals surface area contributed by atoms with Crippen LogP contribution in [0.4, 0.5) is 0 Å². The van der Waals surface area contributed by atoms with E-state index in [9.17, 15) is 4.79 Å². The Morgan fingerprint density at radius 2 is 1.82 bits per heavy atom. The minimum absolute atomic E-state index is 0.0627. The highest BCUT2D eigenvalue weighted by molar-refractivity contribution is 5.70. The quantitative estimate of drug-likeness (QED) is 0.879. The lowest BCUT2D eigenvalue weighted by molar-refractivity contribution is -0.136. The van der Waals surface area contributed by atoms with Crippen LogP contribution in [0.2, 0.25) is 0 Å². The van der Waals surface area contributed by atoms with Crippen LogP contribution in [0.15, 0.2) is 36.4 Å². The molecule has 1 N–H and O–H groups in total. The first-order valence-corrected chi connectivity index (χ1v) is 5.54. The number of rotatable bonds is 3. The fourth-order valence-corrected chi connectivity index (χ4v) is 2.06. The molecule has 0 fully saturated rings. The molecule has 0 atom stereocenters. The van der Waals surface area contributed by atoms with Gasteiger partial charge in [-0.1, -0.05) is 12.1 Å². The molecule has 88 valence electrons. The summed E-state index contributed by atoms with van der Waals surface area (Å²) in [5, 5.41) is 8.79. The van der Waals surface area contributed by atoms with Crippen LogP contribution in [0, 0.1) is 13.8 Å². The monoisotopic (exact) mass is 229 g/mol. The van der Waals surface area contributed by atoms with Crippen LogP contribution in [0.5, 0.6) is 0 Å². The summed E-state index contributed by atoms with van der Waals surface area (Å²) in [4.78, 5) is 10.7. The van der Waals surface area contributed by atoms with Gasteiger partial charge in [0.1, 0.15) is 0 Å². The van der Waals surface area contributed by atoms with E-state index in [4.69, 9.17) is 5.11 Å². The standard InChI is InChI=1S/C14H15NO2/c1-10-6-7-11(2)15(10)13-5-3-4-12(8-13)9-14(16)17/h3-8H,9H2,1-2H3,(H,16,17). The van der Waals surface area contributed by atoms with E-state index in [0.717, 1.165) is 22.6 Å². The lowest BCUT2D eigenvalue weighted by atomic mass is 10.1. The highest BCUT2D eigenvalue weighted by Gasteiger charge is 2.06. The van der Waals surface area contributed by atoms with E-state index < -0.39 is 5.97 Å². The molecule has 0 radical (unpaired) electrons. The van der Waals surface area contributed by atoms with Gasteiger partial charge in [0.05, 0.1) is 6.42 Å². The van der Waals surface area contributed by atoms with Crippen molar-refractivity contribution in [3.63, 3.8) is 0 Å². The van der Waals surface area contributed by atoms with E-state index in [-0.39, 0.29) is 6.42 Å². The Morgan fingerprint density at radius 3 is 2.41 bits per heavy atom. The second-order valence-corrected chi connectivity index (χ2v) is 4.19. The number of aromatic nitrogens is 1. The van der Waals surface area contributed by atoms with Crippen molar-refractivity contribution in [1.82, 2.24) is 4.57 Å². The summed E-state index contributed by atoms with van der Waals surface area (Å²) in [7, 11) is 0. The second-order valence-electron chi connectivity index (χ2n) is 4.19. The summed E-state index contributed by atoms with van der Waals surface area (Å²) in [6.45, 7) is 4.08. The summed E-state index contributed by atoms with van der Waals surface area (Å²) in [5.41, 5.74) is 4.14. The average Bonchev–Trinajstić information content (AvgIpc) is 2.58. The number of carboxylic acid groups (broad SMARTS) is 1. The van der Waals surface area contributed by atoms with E-state index in [0.29, 0.717) is 0 Å². The molecule has 2 rings (SSSR count). The van der Waals surface area contributed by atoms with Crippen LogP contribution in [0.3, 0.4) is 0 Å². The number of carbonyl (C=O) groups is 1. The molecule has 1 heterocycles. The van der Waals surface area contributed by atoms with Crippen LogP contribution in [-0.2, 0) is 11.2 Å². The van der Waals surface area contributed by atoms with Gasteiger partial charge in [0, 0.05) is 17.1 Å². The molecule has 3 nitrogen and oxygen atoms in total. The van der Waals surface area contributed by atoms with Crippen molar-refractivity contribution < 1.29 is 9.90 Å². The number of benzene rings is 1. The molecule has 0 saturated heterocycles. The van der Waals surface area contributed by atoms with E-state index in [1.807, 2.05) is 38.1 Å². The van der Waals surface area contributed by atoms with Crippen LogP contribution < -0.4 is 0 Å². The Hall–Kier alpha value is -2.03. The maximum absolute atomic E-state index is 10.7. The third-order valence-electron chi connectivity index (χ3n) is 2.80. The summed E-state index contributed by atoms with van der Waals surface area (Å²) >= 11 is 0. The second kappa shape index (κ2) is 4.45. The van der Waals surface area contributed by atoms with E-state index in [1.165, 1.54) is 0 Å². The van der Waals surface area contributed by atoms with Gasteiger partial charge in [0.25, 0.3) is 0 Å². The van der Waals surface area contributed by atoms with Crippen molar-refractivity contribution in [1.29, 1.82) is 0 Å². The summed E-state index contributed by atoms with van der Waals surface area (Å²) < 4.78 is 2.12. The molecule has 0 aliphatic carbocycles. The van der Waals surface area contributed by atoms with Crippen molar-refractivity contribution in [2.24, 2.45) is 0 Å². The Bertz CT molecular complexity index is 536. The number of carboxylic acids is 1. The normalized spacial score (nSPS) is 10.5. The Balaban J connectivity index is 2.43. The lowest BCUT2D eigenvalue weighted by Gasteiger charge is -2.10. The topological polar surface area (TPSA) is 42.2 Å². The molecule has 0 bridgehead atoms. The molecule has 0 amide bonds. The number of hydrogen-bond acceptors (Lipinski definition) is 1. The molecule has 0 aliphatic rings. The van der Waals surface area contributed by atoms with Gasteiger partial charge in [0.15, 0.2) is 0 Å². The molecule has 1 aromatic heterocycles. The number of aliphatic carboxylic acids is 1. The first-order valence-electron chi connectivity index (χ1n) is 5.54. The van der Waals surface area contributed by atoms with Gasteiger partial charge in [-0.15, -0.1) is 0 Å². The molecular weight excluding hydrogens is 214 g/mol. The minimum atomic E-state index is -0.803. The van der Waals surface area contributed by atoms with Gasteiger partial charge < -0.3 is 9.67 Å². The molecule has 0 spiro atoms. The fourth-order valence-electron chi connectivity index (χ4n) is 2.06. The predicted molar refractivity (Wildman–Crippen MR) is 66.6 cm³/mol.